The van der Waals surface area contributed by atoms with Gasteiger partial charge in [-0.3, -0.25) is 0 Å². The molecule has 4 rings (SSSR count). The summed E-state index contributed by atoms with van der Waals surface area (Å²) in [5.74, 6) is 2.09. The molecular formula is C25H41F3O2. The van der Waals surface area contributed by atoms with Gasteiger partial charge in [-0.15, -0.1) is 0 Å². The van der Waals surface area contributed by atoms with Crippen molar-refractivity contribution in [2.24, 2.45) is 35.5 Å². The van der Waals surface area contributed by atoms with E-state index in [0.29, 0.717) is 31.8 Å². The smallest absolute Gasteiger partial charge is 0.157 e. The predicted octanol–water partition coefficient (Wildman–Crippen LogP) is 6.46. The number of alkyl halides is 3. The van der Waals surface area contributed by atoms with Gasteiger partial charge >= 0.3 is 0 Å². The maximum atomic E-state index is 14.8. The van der Waals surface area contributed by atoms with Gasteiger partial charge in [-0.05, 0) is 87.4 Å². The molecule has 0 aromatic heterocycles. The SMILES string of the molecule is COC1CCC2CC(OCC3CCC(C4CCC(C)CC4)CC3)C(F)C(F)C2C1F. The lowest BCUT2D eigenvalue weighted by Gasteiger charge is -2.46. The Bertz CT molecular complexity index is 528. The van der Waals surface area contributed by atoms with Gasteiger partial charge < -0.3 is 9.47 Å². The second-order valence-electron chi connectivity index (χ2n) is 10.9. The second-order valence-corrected chi connectivity index (χ2v) is 10.9. The van der Waals surface area contributed by atoms with E-state index in [1.165, 1.54) is 45.6 Å². The van der Waals surface area contributed by atoms with Crippen LogP contribution in [0.4, 0.5) is 13.2 Å². The molecule has 0 aliphatic heterocycles. The van der Waals surface area contributed by atoms with E-state index in [9.17, 15) is 13.2 Å². The topological polar surface area (TPSA) is 18.5 Å². The third-order valence-electron chi connectivity index (χ3n) is 9.12. The third kappa shape index (κ3) is 4.87. The summed E-state index contributed by atoms with van der Waals surface area (Å²) in [4.78, 5) is 0. The van der Waals surface area contributed by atoms with Gasteiger partial charge in [0.15, 0.2) is 6.17 Å². The Labute approximate surface area is 180 Å². The second kappa shape index (κ2) is 10.1. The Hall–Kier alpha value is -0.290. The molecule has 7 unspecified atom stereocenters. The molecule has 0 amide bonds. The predicted molar refractivity (Wildman–Crippen MR) is 113 cm³/mol. The van der Waals surface area contributed by atoms with Crippen molar-refractivity contribution in [1.29, 1.82) is 0 Å². The molecule has 4 fully saturated rings. The fourth-order valence-corrected chi connectivity index (χ4v) is 7.05. The molecule has 0 saturated heterocycles. The largest absolute Gasteiger partial charge is 0.378 e. The quantitative estimate of drug-likeness (QED) is 0.498. The first-order chi connectivity index (χ1) is 14.5. The maximum Gasteiger partial charge on any atom is 0.157 e. The molecule has 0 radical (unpaired) electrons. The van der Waals surface area contributed by atoms with Crippen molar-refractivity contribution in [2.75, 3.05) is 13.7 Å². The van der Waals surface area contributed by atoms with Crippen LogP contribution in [0.2, 0.25) is 0 Å². The summed E-state index contributed by atoms with van der Waals surface area (Å²) in [6.07, 6.45) is 5.83. The van der Waals surface area contributed by atoms with Gasteiger partial charge in [0.1, 0.15) is 12.3 Å². The van der Waals surface area contributed by atoms with Crippen molar-refractivity contribution in [3.05, 3.63) is 0 Å². The average molecular weight is 431 g/mol. The molecule has 0 aromatic carbocycles. The van der Waals surface area contributed by atoms with Gasteiger partial charge in [0.25, 0.3) is 0 Å². The summed E-state index contributed by atoms with van der Waals surface area (Å²) in [5, 5.41) is 0. The van der Waals surface area contributed by atoms with Crippen molar-refractivity contribution >= 4 is 0 Å². The van der Waals surface area contributed by atoms with E-state index in [1.807, 2.05) is 0 Å². The molecule has 30 heavy (non-hydrogen) atoms. The highest BCUT2D eigenvalue weighted by molar-refractivity contribution is 5.01. The number of rotatable bonds is 5. The Balaban J connectivity index is 1.23. The van der Waals surface area contributed by atoms with E-state index in [0.717, 1.165) is 30.6 Å². The van der Waals surface area contributed by atoms with Crippen molar-refractivity contribution in [2.45, 2.75) is 108 Å². The Morgan fingerprint density at radius 3 is 1.90 bits per heavy atom. The van der Waals surface area contributed by atoms with Crippen LogP contribution in [0.3, 0.4) is 0 Å². The van der Waals surface area contributed by atoms with Crippen molar-refractivity contribution < 1.29 is 22.6 Å². The molecular weight excluding hydrogens is 389 g/mol. The van der Waals surface area contributed by atoms with Crippen molar-refractivity contribution in [3.63, 3.8) is 0 Å². The number of ether oxygens (including phenoxy) is 2. The molecule has 0 N–H and O–H groups in total. The van der Waals surface area contributed by atoms with E-state index in [4.69, 9.17) is 9.47 Å². The first-order valence-electron chi connectivity index (χ1n) is 12.5. The van der Waals surface area contributed by atoms with E-state index in [-0.39, 0.29) is 5.92 Å². The van der Waals surface area contributed by atoms with E-state index >= 15 is 0 Å². The van der Waals surface area contributed by atoms with Crippen LogP contribution in [0.15, 0.2) is 0 Å². The minimum Gasteiger partial charge on any atom is -0.378 e. The third-order valence-corrected chi connectivity index (χ3v) is 9.12. The first-order valence-corrected chi connectivity index (χ1v) is 12.5. The number of methoxy groups -OCH3 is 1. The summed E-state index contributed by atoms with van der Waals surface area (Å²) >= 11 is 0. The molecule has 0 heterocycles. The Morgan fingerprint density at radius 1 is 0.667 bits per heavy atom. The van der Waals surface area contributed by atoms with Crippen molar-refractivity contribution in [3.8, 4) is 0 Å². The van der Waals surface area contributed by atoms with Crippen LogP contribution in [0.25, 0.3) is 0 Å². The van der Waals surface area contributed by atoms with Crippen LogP contribution in [0, 0.1) is 35.5 Å². The Morgan fingerprint density at radius 2 is 1.27 bits per heavy atom. The number of halogens is 3. The molecule has 7 atom stereocenters. The molecule has 5 heteroatoms. The summed E-state index contributed by atoms with van der Waals surface area (Å²) in [6, 6.07) is 0. The maximum absolute atomic E-state index is 14.8. The number of hydrogen-bond donors (Lipinski definition) is 0. The molecule has 0 aromatic rings. The standard InChI is InChI=1S/C25H41F3O2/c1-15-3-7-17(8-4-15)18-9-5-16(6-10-18)14-30-21-13-19-11-12-20(29-2)23(26)22(19)25(28)24(21)27/h15-25H,3-14H2,1-2H3. The number of hydrogen-bond acceptors (Lipinski definition) is 2. The van der Waals surface area contributed by atoms with Gasteiger partial charge in [-0.25, -0.2) is 13.2 Å². The molecule has 4 aliphatic rings. The molecule has 4 saturated carbocycles. The lowest BCUT2D eigenvalue weighted by molar-refractivity contribution is -0.150. The monoisotopic (exact) mass is 430 g/mol. The van der Waals surface area contributed by atoms with E-state index in [2.05, 4.69) is 6.92 Å². The van der Waals surface area contributed by atoms with Gasteiger partial charge in [-0.2, -0.15) is 0 Å². The highest BCUT2D eigenvalue weighted by Gasteiger charge is 2.53. The van der Waals surface area contributed by atoms with Gasteiger partial charge in [0.05, 0.1) is 12.2 Å². The summed E-state index contributed by atoms with van der Waals surface area (Å²) < 4.78 is 55.4. The van der Waals surface area contributed by atoms with Crippen LogP contribution in [0.1, 0.15) is 77.6 Å². The molecule has 174 valence electrons. The van der Waals surface area contributed by atoms with Crippen LogP contribution in [-0.4, -0.2) is 44.4 Å². The fourth-order valence-electron chi connectivity index (χ4n) is 7.05. The summed E-state index contributed by atoms with van der Waals surface area (Å²) in [5.41, 5.74) is 0. The molecule has 2 nitrogen and oxygen atoms in total. The zero-order valence-corrected chi connectivity index (χ0v) is 18.8. The molecule has 4 aliphatic carbocycles. The van der Waals surface area contributed by atoms with Crippen molar-refractivity contribution in [1.82, 2.24) is 0 Å². The summed E-state index contributed by atoms with van der Waals surface area (Å²) in [6.45, 7) is 2.90. The van der Waals surface area contributed by atoms with E-state index < -0.39 is 36.6 Å². The molecule has 0 bridgehead atoms. The van der Waals surface area contributed by atoms with Gasteiger partial charge in [0.2, 0.25) is 0 Å². The Kier molecular flexibility index (Phi) is 7.71. The van der Waals surface area contributed by atoms with Crippen LogP contribution in [0.5, 0.6) is 0 Å². The molecule has 0 spiro atoms. The van der Waals surface area contributed by atoms with Gasteiger partial charge in [-0.1, -0.05) is 19.8 Å². The number of fused-ring (bicyclic) bond motifs is 1. The van der Waals surface area contributed by atoms with Crippen LogP contribution < -0.4 is 0 Å². The minimum atomic E-state index is -1.79. The van der Waals surface area contributed by atoms with Gasteiger partial charge in [0, 0.05) is 19.6 Å². The average Bonchev–Trinajstić information content (AvgIpc) is 2.76. The zero-order chi connectivity index (χ0) is 21.3. The van der Waals surface area contributed by atoms with Crippen LogP contribution in [-0.2, 0) is 9.47 Å². The minimum absolute atomic E-state index is 0.136. The highest BCUT2D eigenvalue weighted by atomic mass is 19.2. The van der Waals surface area contributed by atoms with Crippen LogP contribution >= 0.6 is 0 Å². The normalized spacial score (nSPS) is 50.1. The fraction of sp³-hybridized carbons (Fsp3) is 1.00. The highest BCUT2D eigenvalue weighted by Crippen LogP contribution is 2.46. The summed E-state index contributed by atoms with van der Waals surface area (Å²) in [7, 11) is 1.45. The first kappa shape index (κ1) is 22.9. The lowest BCUT2D eigenvalue weighted by atomic mass is 9.66. The zero-order valence-electron chi connectivity index (χ0n) is 18.8. The lowest BCUT2D eigenvalue weighted by Crippen LogP contribution is -2.55. The van der Waals surface area contributed by atoms with E-state index in [1.54, 1.807) is 0 Å².